The Labute approximate surface area is 107 Å². The van der Waals surface area contributed by atoms with Crippen molar-refractivity contribution in [1.82, 2.24) is 15.0 Å². The van der Waals surface area contributed by atoms with Crippen LogP contribution in [0.4, 0.5) is 0 Å². The van der Waals surface area contributed by atoms with Crippen LogP contribution >= 0.6 is 11.3 Å². The van der Waals surface area contributed by atoms with Crippen LogP contribution in [0.25, 0.3) is 21.6 Å². The molecule has 0 spiro atoms. The van der Waals surface area contributed by atoms with Crippen molar-refractivity contribution < 1.29 is 4.79 Å². The van der Waals surface area contributed by atoms with Gasteiger partial charge in [0.25, 0.3) is 5.91 Å². The Kier molecular flexibility index (Phi) is 2.38. The van der Waals surface area contributed by atoms with Gasteiger partial charge in [0.1, 0.15) is 16.5 Å². The Morgan fingerprint density at radius 1 is 1.39 bits per heavy atom. The van der Waals surface area contributed by atoms with Crippen LogP contribution in [0.1, 0.15) is 16.3 Å². The fourth-order valence-corrected chi connectivity index (χ4v) is 2.60. The number of benzene rings is 1. The molecule has 0 bridgehead atoms. The number of amides is 1. The number of nitrogens with two attached hydrogens (primary N) is 1. The molecule has 0 atom stereocenters. The van der Waals surface area contributed by atoms with Gasteiger partial charge in [0.05, 0.1) is 11.0 Å². The molecule has 0 aliphatic rings. The third-order valence-corrected chi connectivity index (χ3v) is 3.50. The average molecular weight is 258 g/mol. The summed E-state index contributed by atoms with van der Waals surface area (Å²) in [4.78, 5) is 22.7. The predicted octanol–water partition coefficient (Wildman–Crippen LogP) is 2.09. The molecule has 0 fully saturated rings. The van der Waals surface area contributed by atoms with Gasteiger partial charge < -0.3 is 10.7 Å². The second kappa shape index (κ2) is 3.92. The highest BCUT2D eigenvalue weighted by atomic mass is 32.1. The Bertz CT molecular complexity index is 743. The van der Waals surface area contributed by atoms with Crippen LogP contribution in [0.2, 0.25) is 0 Å². The second-order valence-corrected chi connectivity index (χ2v) is 4.81. The maximum atomic E-state index is 11.0. The zero-order valence-electron chi connectivity index (χ0n) is 9.60. The van der Waals surface area contributed by atoms with Gasteiger partial charge in [-0.15, -0.1) is 11.3 Å². The number of nitrogens with zero attached hydrogens (tertiary/aromatic N) is 2. The number of hydrogen-bond acceptors (Lipinski definition) is 4. The Morgan fingerprint density at radius 3 is 2.94 bits per heavy atom. The molecule has 18 heavy (non-hydrogen) atoms. The first-order valence-corrected chi connectivity index (χ1v) is 6.23. The number of primary amides is 1. The van der Waals surface area contributed by atoms with E-state index in [0.717, 1.165) is 27.4 Å². The zero-order chi connectivity index (χ0) is 12.7. The number of nitrogens with one attached hydrogen (secondary N) is 1. The molecule has 0 saturated heterocycles. The molecule has 90 valence electrons. The number of thiazole rings is 1. The van der Waals surface area contributed by atoms with Crippen LogP contribution in [0.3, 0.4) is 0 Å². The first-order chi connectivity index (χ1) is 8.63. The lowest BCUT2D eigenvalue weighted by Crippen LogP contribution is -2.10. The van der Waals surface area contributed by atoms with Gasteiger partial charge in [0.15, 0.2) is 0 Å². The monoisotopic (exact) mass is 258 g/mol. The van der Waals surface area contributed by atoms with Crippen molar-refractivity contribution in [2.45, 2.75) is 6.92 Å². The molecule has 1 amide bonds. The summed E-state index contributed by atoms with van der Waals surface area (Å²) in [5.41, 5.74) is 8.32. The number of fused-ring (bicyclic) bond motifs is 1. The van der Waals surface area contributed by atoms with E-state index in [1.54, 1.807) is 5.38 Å². The standard InChI is InChI=1S/C12H10N4OS/c1-6-14-8-3-2-7(4-9(8)15-6)12-16-10(5-18-12)11(13)17/h2-5H,1H3,(H2,13,17)(H,14,15). The molecule has 3 rings (SSSR count). The summed E-state index contributed by atoms with van der Waals surface area (Å²) in [5.74, 6) is 0.370. The first kappa shape index (κ1) is 10.9. The van der Waals surface area contributed by atoms with E-state index in [0.29, 0.717) is 5.69 Å². The summed E-state index contributed by atoms with van der Waals surface area (Å²) in [6, 6.07) is 5.84. The van der Waals surface area contributed by atoms with Gasteiger partial charge in [0, 0.05) is 10.9 Å². The molecule has 2 heterocycles. The minimum atomic E-state index is -0.504. The van der Waals surface area contributed by atoms with E-state index >= 15 is 0 Å². The number of hydrogen-bond donors (Lipinski definition) is 2. The van der Waals surface area contributed by atoms with Crippen molar-refractivity contribution >= 4 is 28.3 Å². The van der Waals surface area contributed by atoms with Crippen molar-refractivity contribution in [3.8, 4) is 10.6 Å². The molecule has 2 aromatic heterocycles. The lowest BCUT2D eigenvalue weighted by atomic mass is 10.2. The molecule has 0 aliphatic carbocycles. The van der Waals surface area contributed by atoms with Gasteiger partial charge >= 0.3 is 0 Å². The normalized spacial score (nSPS) is 10.9. The van der Waals surface area contributed by atoms with Gasteiger partial charge in [-0.3, -0.25) is 4.79 Å². The number of rotatable bonds is 2. The molecule has 0 radical (unpaired) electrons. The first-order valence-electron chi connectivity index (χ1n) is 5.35. The van der Waals surface area contributed by atoms with E-state index in [1.165, 1.54) is 11.3 Å². The van der Waals surface area contributed by atoms with E-state index in [4.69, 9.17) is 5.73 Å². The molecule has 1 aromatic carbocycles. The van der Waals surface area contributed by atoms with Crippen molar-refractivity contribution in [2.24, 2.45) is 5.73 Å². The summed E-state index contributed by atoms with van der Waals surface area (Å²) in [5, 5.41) is 2.44. The molecule has 0 unspecified atom stereocenters. The van der Waals surface area contributed by atoms with Gasteiger partial charge in [-0.25, -0.2) is 9.97 Å². The Morgan fingerprint density at radius 2 is 2.22 bits per heavy atom. The van der Waals surface area contributed by atoms with Crippen LogP contribution < -0.4 is 5.73 Å². The Balaban J connectivity index is 2.09. The van der Waals surface area contributed by atoms with Crippen molar-refractivity contribution in [1.29, 1.82) is 0 Å². The van der Waals surface area contributed by atoms with Crippen LogP contribution in [0.15, 0.2) is 23.6 Å². The molecular formula is C12H10N4OS. The SMILES string of the molecule is Cc1nc2ccc(-c3nc(C(N)=O)cs3)cc2[nH]1. The van der Waals surface area contributed by atoms with E-state index in [9.17, 15) is 4.79 Å². The lowest BCUT2D eigenvalue weighted by molar-refractivity contribution is 0.0996. The molecule has 6 heteroatoms. The minimum absolute atomic E-state index is 0.302. The van der Waals surface area contributed by atoms with Crippen molar-refractivity contribution in [2.75, 3.05) is 0 Å². The maximum Gasteiger partial charge on any atom is 0.268 e. The zero-order valence-corrected chi connectivity index (χ0v) is 10.4. The number of carbonyl (C=O) groups excluding carboxylic acids is 1. The quantitative estimate of drug-likeness (QED) is 0.738. The van der Waals surface area contributed by atoms with Crippen LogP contribution in [0, 0.1) is 6.92 Å². The summed E-state index contributed by atoms with van der Waals surface area (Å²) in [6.45, 7) is 1.91. The smallest absolute Gasteiger partial charge is 0.268 e. The molecule has 3 N–H and O–H groups in total. The minimum Gasteiger partial charge on any atom is -0.364 e. The fourth-order valence-electron chi connectivity index (χ4n) is 1.79. The fraction of sp³-hybridized carbons (Fsp3) is 0.0833. The van der Waals surface area contributed by atoms with Crippen molar-refractivity contribution in [3.05, 3.63) is 35.1 Å². The van der Waals surface area contributed by atoms with E-state index in [2.05, 4.69) is 15.0 Å². The van der Waals surface area contributed by atoms with E-state index in [-0.39, 0.29) is 0 Å². The molecule has 3 aromatic rings. The van der Waals surface area contributed by atoms with Crippen LogP contribution in [-0.4, -0.2) is 20.9 Å². The van der Waals surface area contributed by atoms with Gasteiger partial charge in [-0.05, 0) is 25.1 Å². The number of aryl methyl sites for hydroxylation is 1. The second-order valence-electron chi connectivity index (χ2n) is 3.96. The highest BCUT2D eigenvalue weighted by Gasteiger charge is 2.09. The summed E-state index contributed by atoms with van der Waals surface area (Å²) >= 11 is 1.40. The highest BCUT2D eigenvalue weighted by molar-refractivity contribution is 7.13. The van der Waals surface area contributed by atoms with E-state index < -0.39 is 5.91 Å². The third-order valence-electron chi connectivity index (χ3n) is 2.60. The summed E-state index contributed by atoms with van der Waals surface area (Å²) < 4.78 is 0. The molecule has 0 aliphatic heterocycles. The van der Waals surface area contributed by atoms with Gasteiger partial charge in [-0.1, -0.05) is 0 Å². The number of aromatic amines is 1. The number of H-pyrrole nitrogens is 1. The van der Waals surface area contributed by atoms with Gasteiger partial charge in [-0.2, -0.15) is 0 Å². The third kappa shape index (κ3) is 1.76. The number of imidazole rings is 1. The summed E-state index contributed by atoms with van der Waals surface area (Å²) in [6.07, 6.45) is 0. The molecular weight excluding hydrogens is 248 g/mol. The lowest BCUT2D eigenvalue weighted by Gasteiger charge is -1.95. The predicted molar refractivity (Wildman–Crippen MR) is 70.5 cm³/mol. The van der Waals surface area contributed by atoms with Gasteiger partial charge in [0.2, 0.25) is 0 Å². The van der Waals surface area contributed by atoms with Crippen molar-refractivity contribution in [3.63, 3.8) is 0 Å². The van der Waals surface area contributed by atoms with E-state index in [1.807, 2.05) is 25.1 Å². The average Bonchev–Trinajstić information content (AvgIpc) is 2.91. The largest absolute Gasteiger partial charge is 0.364 e. The molecule has 0 saturated carbocycles. The summed E-state index contributed by atoms with van der Waals surface area (Å²) in [7, 11) is 0. The Hall–Kier alpha value is -2.21. The highest BCUT2D eigenvalue weighted by Crippen LogP contribution is 2.26. The number of aromatic nitrogens is 3. The molecule has 5 nitrogen and oxygen atoms in total. The van der Waals surface area contributed by atoms with Crippen LogP contribution in [-0.2, 0) is 0 Å². The topological polar surface area (TPSA) is 84.7 Å². The van der Waals surface area contributed by atoms with Crippen LogP contribution in [0.5, 0.6) is 0 Å². The maximum absolute atomic E-state index is 11.0. The number of carbonyl (C=O) groups is 1.